The van der Waals surface area contributed by atoms with E-state index in [-0.39, 0.29) is 5.41 Å². The smallest absolute Gasteiger partial charge is 0.143 e. The summed E-state index contributed by atoms with van der Waals surface area (Å²) < 4.78 is 6.74. The Morgan fingerprint density at radius 1 is 0.500 bits per heavy atom. The molecule has 0 atom stereocenters. The van der Waals surface area contributed by atoms with Crippen LogP contribution in [0.25, 0.3) is 76.5 Å². The highest BCUT2D eigenvalue weighted by Gasteiger charge is 2.39. The van der Waals surface area contributed by atoms with E-state index in [0.29, 0.717) is 0 Å². The van der Waals surface area contributed by atoms with Gasteiger partial charge in [-0.2, -0.15) is 0 Å². The van der Waals surface area contributed by atoms with Crippen molar-refractivity contribution in [2.24, 2.45) is 0 Å². The van der Waals surface area contributed by atoms with Gasteiger partial charge in [0.15, 0.2) is 0 Å². The maximum Gasteiger partial charge on any atom is 0.143 e. The van der Waals surface area contributed by atoms with Crippen molar-refractivity contribution in [2.75, 3.05) is 0 Å². The number of hydrogen-bond donors (Lipinski definition) is 0. The topological polar surface area (TPSA) is 13.1 Å². The molecule has 1 nitrogen and oxygen atoms in total. The Labute approximate surface area is 220 Å². The molecule has 38 heavy (non-hydrogen) atoms. The van der Waals surface area contributed by atoms with Crippen molar-refractivity contribution in [2.45, 2.75) is 19.3 Å². The van der Waals surface area contributed by atoms with Crippen LogP contribution in [0.5, 0.6) is 0 Å². The standard InChI is InChI=1S/C37H24O/c1-37(2)29-12-5-3-11-27(29)34-30(37)20-28-24-10-4-6-13-31(24)38-36(28)35(34)26-19-17-23-15-14-21-8-7-9-22-16-18-25(26)33(23)32(21)22/h3-20H,1-2H3. The predicted molar refractivity (Wildman–Crippen MR) is 160 cm³/mol. The van der Waals surface area contributed by atoms with Gasteiger partial charge < -0.3 is 4.42 Å². The molecule has 1 aromatic heterocycles. The van der Waals surface area contributed by atoms with Crippen LogP contribution in [-0.4, -0.2) is 0 Å². The monoisotopic (exact) mass is 484 g/mol. The highest BCUT2D eigenvalue weighted by atomic mass is 16.3. The van der Waals surface area contributed by atoms with Crippen molar-refractivity contribution < 1.29 is 4.42 Å². The van der Waals surface area contributed by atoms with Gasteiger partial charge in [-0.1, -0.05) is 111 Å². The van der Waals surface area contributed by atoms with E-state index in [9.17, 15) is 0 Å². The summed E-state index contributed by atoms with van der Waals surface area (Å²) in [6.07, 6.45) is 0. The summed E-state index contributed by atoms with van der Waals surface area (Å²) in [5.41, 5.74) is 9.65. The fraction of sp³-hybridized carbons (Fsp3) is 0.0811. The van der Waals surface area contributed by atoms with Gasteiger partial charge in [0.1, 0.15) is 11.2 Å². The molecule has 0 fully saturated rings. The first-order valence-corrected chi connectivity index (χ1v) is 13.4. The molecule has 0 saturated heterocycles. The van der Waals surface area contributed by atoms with Crippen molar-refractivity contribution in [3.05, 3.63) is 120 Å². The second-order valence-electron chi connectivity index (χ2n) is 11.3. The highest BCUT2D eigenvalue weighted by molar-refractivity contribution is 6.27. The minimum Gasteiger partial charge on any atom is -0.455 e. The molecule has 0 unspecified atom stereocenters. The molecule has 9 rings (SSSR count). The largest absolute Gasteiger partial charge is 0.455 e. The van der Waals surface area contributed by atoms with E-state index in [1.54, 1.807) is 0 Å². The van der Waals surface area contributed by atoms with Crippen molar-refractivity contribution in [3.63, 3.8) is 0 Å². The average molecular weight is 485 g/mol. The highest BCUT2D eigenvalue weighted by Crippen LogP contribution is 2.56. The molecule has 1 aliphatic rings. The Morgan fingerprint density at radius 3 is 2.08 bits per heavy atom. The van der Waals surface area contributed by atoms with Gasteiger partial charge in [-0.15, -0.1) is 0 Å². The van der Waals surface area contributed by atoms with E-state index in [2.05, 4.69) is 123 Å². The van der Waals surface area contributed by atoms with E-state index in [1.165, 1.54) is 76.5 Å². The zero-order chi connectivity index (χ0) is 25.2. The van der Waals surface area contributed by atoms with Crippen LogP contribution in [0.4, 0.5) is 0 Å². The van der Waals surface area contributed by atoms with Crippen LogP contribution in [0, 0.1) is 0 Å². The van der Waals surface area contributed by atoms with Crippen molar-refractivity contribution in [1.29, 1.82) is 0 Å². The molecular weight excluding hydrogens is 460 g/mol. The van der Waals surface area contributed by atoms with Gasteiger partial charge in [0, 0.05) is 21.8 Å². The normalized spacial score (nSPS) is 14.3. The number of hydrogen-bond acceptors (Lipinski definition) is 1. The second-order valence-corrected chi connectivity index (χ2v) is 11.3. The van der Waals surface area contributed by atoms with Crippen LogP contribution in [0.3, 0.4) is 0 Å². The van der Waals surface area contributed by atoms with Gasteiger partial charge in [-0.05, 0) is 72.3 Å². The fourth-order valence-corrected chi connectivity index (χ4v) is 7.23. The summed E-state index contributed by atoms with van der Waals surface area (Å²) >= 11 is 0. The molecule has 1 heterocycles. The van der Waals surface area contributed by atoms with Crippen LogP contribution < -0.4 is 0 Å². The predicted octanol–water partition coefficient (Wildman–Crippen LogP) is 10.5. The molecule has 7 aromatic carbocycles. The summed E-state index contributed by atoms with van der Waals surface area (Å²) in [7, 11) is 0. The molecule has 1 heteroatoms. The number of fused-ring (bicyclic) bond motifs is 6. The zero-order valence-electron chi connectivity index (χ0n) is 21.3. The lowest BCUT2D eigenvalue weighted by atomic mass is 9.80. The average Bonchev–Trinajstić information content (AvgIpc) is 3.43. The third-order valence-corrected chi connectivity index (χ3v) is 9.01. The minimum atomic E-state index is -0.100. The molecule has 178 valence electrons. The zero-order valence-corrected chi connectivity index (χ0v) is 21.3. The van der Waals surface area contributed by atoms with Crippen LogP contribution >= 0.6 is 0 Å². The Kier molecular flexibility index (Phi) is 3.67. The lowest BCUT2D eigenvalue weighted by Crippen LogP contribution is -2.14. The van der Waals surface area contributed by atoms with Gasteiger partial charge >= 0.3 is 0 Å². The lowest BCUT2D eigenvalue weighted by molar-refractivity contribution is 0.658. The van der Waals surface area contributed by atoms with Gasteiger partial charge in [0.2, 0.25) is 0 Å². The Balaban J connectivity index is 1.53. The Bertz CT molecular complexity index is 2240. The second kappa shape index (κ2) is 6.82. The van der Waals surface area contributed by atoms with Gasteiger partial charge in [-0.3, -0.25) is 0 Å². The summed E-state index contributed by atoms with van der Waals surface area (Å²) in [6, 6.07) is 40.1. The quantitative estimate of drug-likeness (QED) is 0.211. The van der Waals surface area contributed by atoms with Crippen molar-refractivity contribution in [3.8, 4) is 22.3 Å². The number of benzene rings is 7. The molecule has 8 aromatic rings. The summed E-state index contributed by atoms with van der Waals surface area (Å²) in [5.74, 6) is 0. The van der Waals surface area contributed by atoms with Crippen LogP contribution in [0.15, 0.2) is 114 Å². The molecule has 0 spiro atoms. The maximum absolute atomic E-state index is 6.74. The number of rotatable bonds is 1. The summed E-state index contributed by atoms with van der Waals surface area (Å²) in [6.45, 7) is 4.72. The van der Waals surface area contributed by atoms with Gasteiger partial charge in [-0.25, -0.2) is 0 Å². The Hall–Kier alpha value is -4.62. The van der Waals surface area contributed by atoms with Crippen molar-refractivity contribution in [1.82, 2.24) is 0 Å². The van der Waals surface area contributed by atoms with E-state index in [1.807, 2.05) is 0 Å². The molecule has 0 saturated carbocycles. The third kappa shape index (κ3) is 2.38. The first-order chi connectivity index (χ1) is 18.6. The molecule has 1 aliphatic carbocycles. The first-order valence-electron chi connectivity index (χ1n) is 13.4. The van der Waals surface area contributed by atoms with E-state index < -0.39 is 0 Å². The van der Waals surface area contributed by atoms with Gasteiger partial charge in [0.05, 0.1) is 0 Å². The number of para-hydroxylation sites is 1. The molecule has 0 aliphatic heterocycles. The molecule has 0 N–H and O–H groups in total. The number of furan rings is 1. The molecule has 0 amide bonds. The van der Waals surface area contributed by atoms with E-state index in [4.69, 9.17) is 4.42 Å². The van der Waals surface area contributed by atoms with Crippen molar-refractivity contribution >= 4 is 54.3 Å². The van der Waals surface area contributed by atoms with Gasteiger partial charge in [0.25, 0.3) is 0 Å². The fourth-order valence-electron chi connectivity index (χ4n) is 7.23. The molecule has 0 radical (unpaired) electrons. The SMILES string of the molecule is CC1(C)c2ccccc2-c2c1cc1c(oc3ccccc31)c2-c1ccc2ccc3cccc4ccc1c2c34. The molecular formula is C37H24O. The molecule has 0 bridgehead atoms. The summed E-state index contributed by atoms with van der Waals surface area (Å²) in [4.78, 5) is 0. The third-order valence-electron chi connectivity index (χ3n) is 9.01. The maximum atomic E-state index is 6.74. The summed E-state index contributed by atoms with van der Waals surface area (Å²) in [5, 5.41) is 10.2. The first kappa shape index (κ1) is 20.4. The van der Waals surface area contributed by atoms with E-state index >= 15 is 0 Å². The van der Waals surface area contributed by atoms with Crippen LogP contribution in [-0.2, 0) is 5.41 Å². The van der Waals surface area contributed by atoms with E-state index in [0.717, 1.165) is 11.2 Å². The van der Waals surface area contributed by atoms with Crippen LogP contribution in [0.2, 0.25) is 0 Å². The minimum absolute atomic E-state index is 0.100. The Morgan fingerprint density at radius 2 is 1.21 bits per heavy atom. The van der Waals surface area contributed by atoms with Crippen LogP contribution in [0.1, 0.15) is 25.0 Å². The lowest BCUT2D eigenvalue weighted by Gasteiger charge is -2.22.